The Bertz CT molecular complexity index is 986. The monoisotopic (exact) mass is 332 g/mol. The van der Waals surface area contributed by atoms with E-state index < -0.39 is 0 Å². The number of nitriles is 2. The lowest BCUT2D eigenvalue weighted by molar-refractivity contribution is 0.101. The van der Waals surface area contributed by atoms with Crippen LogP contribution >= 0.6 is 11.3 Å². The Kier molecular flexibility index (Phi) is 4.15. The molecule has 0 bridgehead atoms. The summed E-state index contributed by atoms with van der Waals surface area (Å²) in [5.41, 5.74) is 2.19. The number of nitrogens with one attached hydrogen (secondary N) is 1. The van der Waals surface area contributed by atoms with Crippen molar-refractivity contribution in [1.29, 1.82) is 10.5 Å². The number of carbonyl (C=O) groups excluding carboxylic acids is 1. The first-order chi connectivity index (χ1) is 11.6. The predicted molar refractivity (Wildman–Crippen MR) is 92.6 cm³/mol. The molecule has 5 nitrogen and oxygen atoms in total. The van der Waals surface area contributed by atoms with Crippen LogP contribution in [0.25, 0.3) is 10.4 Å². The van der Waals surface area contributed by atoms with Crippen molar-refractivity contribution in [1.82, 2.24) is 4.57 Å². The summed E-state index contributed by atoms with van der Waals surface area (Å²) in [4.78, 5) is 13.3. The Morgan fingerprint density at radius 2 is 1.92 bits per heavy atom. The molecule has 1 aromatic carbocycles. The van der Waals surface area contributed by atoms with Gasteiger partial charge in [0.25, 0.3) is 5.91 Å². The van der Waals surface area contributed by atoms with Crippen molar-refractivity contribution < 1.29 is 4.79 Å². The molecular formula is C18H12N4OS. The van der Waals surface area contributed by atoms with Crippen LogP contribution in [0.15, 0.2) is 48.7 Å². The fourth-order valence-corrected chi connectivity index (χ4v) is 3.34. The maximum Gasteiger partial charge on any atom is 0.272 e. The van der Waals surface area contributed by atoms with E-state index in [1.54, 1.807) is 23.9 Å². The number of hydrogen-bond acceptors (Lipinski definition) is 4. The van der Waals surface area contributed by atoms with Crippen molar-refractivity contribution in [3.05, 3.63) is 65.5 Å². The molecule has 2 heterocycles. The van der Waals surface area contributed by atoms with Crippen molar-refractivity contribution in [3.8, 4) is 22.6 Å². The van der Waals surface area contributed by atoms with Gasteiger partial charge >= 0.3 is 0 Å². The number of amides is 1. The average Bonchev–Trinajstić information content (AvgIpc) is 3.18. The highest BCUT2D eigenvalue weighted by atomic mass is 32.1. The molecule has 24 heavy (non-hydrogen) atoms. The molecular weight excluding hydrogens is 320 g/mol. The highest BCUT2D eigenvalue weighted by molar-refractivity contribution is 7.19. The molecule has 2 aromatic heterocycles. The van der Waals surface area contributed by atoms with Gasteiger partial charge < -0.3 is 9.88 Å². The SMILES string of the molecule is Cn1cc(C#N)cc1C(=O)Nc1sc(-c2ccccc2)cc1C#N. The zero-order valence-electron chi connectivity index (χ0n) is 12.8. The number of nitrogens with zero attached hydrogens (tertiary/aromatic N) is 3. The van der Waals surface area contributed by atoms with Crippen LogP contribution in [0.4, 0.5) is 5.00 Å². The van der Waals surface area contributed by atoms with Crippen molar-refractivity contribution >= 4 is 22.2 Å². The van der Waals surface area contributed by atoms with E-state index in [2.05, 4.69) is 11.4 Å². The number of thiophene rings is 1. The zero-order chi connectivity index (χ0) is 17.1. The van der Waals surface area contributed by atoms with E-state index in [-0.39, 0.29) is 5.91 Å². The Labute approximate surface area is 143 Å². The summed E-state index contributed by atoms with van der Waals surface area (Å²) in [6.07, 6.45) is 1.59. The van der Waals surface area contributed by atoms with Gasteiger partial charge in [0.2, 0.25) is 0 Å². The number of aryl methyl sites for hydroxylation is 1. The largest absolute Gasteiger partial charge is 0.345 e. The molecule has 6 heteroatoms. The van der Waals surface area contributed by atoms with Crippen LogP contribution in [-0.4, -0.2) is 10.5 Å². The second kappa shape index (κ2) is 6.41. The Morgan fingerprint density at radius 1 is 1.17 bits per heavy atom. The average molecular weight is 332 g/mol. The van der Waals surface area contributed by atoms with E-state index in [9.17, 15) is 10.1 Å². The fourth-order valence-electron chi connectivity index (χ4n) is 2.33. The van der Waals surface area contributed by atoms with Gasteiger partial charge in [0.1, 0.15) is 22.8 Å². The molecule has 0 radical (unpaired) electrons. The first-order valence-electron chi connectivity index (χ1n) is 7.09. The lowest BCUT2D eigenvalue weighted by Crippen LogP contribution is -2.15. The van der Waals surface area contributed by atoms with E-state index in [4.69, 9.17) is 5.26 Å². The Balaban J connectivity index is 1.91. The summed E-state index contributed by atoms with van der Waals surface area (Å²) in [5.74, 6) is -0.350. The molecule has 0 aliphatic heterocycles. The summed E-state index contributed by atoms with van der Waals surface area (Å²) in [6.45, 7) is 0. The van der Waals surface area contributed by atoms with E-state index in [1.165, 1.54) is 17.4 Å². The van der Waals surface area contributed by atoms with Crippen molar-refractivity contribution in [2.75, 3.05) is 5.32 Å². The van der Waals surface area contributed by atoms with E-state index >= 15 is 0 Å². The number of anilines is 1. The third kappa shape index (κ3) is 2.91. The minimum absolute atomic E-state index is 0.350. The number of hydrogen-bond donors (Lipinski definition) is 1. The second-order valence-electron chi connectivity index (χ2n) is 5.12. The topological polar surface area (TPSA) is 81.6 Å². The van der Waals surface area contributed by atoms with Crippen LogP contribution in [0, 0.1) is 22.7 Å². The van der Waals surface area contributed by atoms with Crippen LogP contribution in [0.1, 0.15) is 21.6 Å². The predicted octanol–water partition coefficient (Wildman–Crippen LogP) is 3.75. The maximum absolute atomic E-state index is 12.4. The molecule has 116 valence electrons. The highest BCUT2D eigenvalue weighted by Crippen LogP contribution is 2.35. The van der Waals surface area contributed by atoms with Gasteiger partial charge in [-0.3, -0.25) is 4.79 Å². The molecule has 0 saturated heterocycles. The van der Waals surface area contributed by atoms with Gasteiger partial charge in [-0.05, 0) is 17.7 Å². The molecule has 0 aliphatic carbocycles. The second-order valence-corrected chi connectivity index (χ2v) is 6.17. The standard InChI is InChI=1S/C18H12N4OS/c1-22-11-12(9-19)7-15(22)17(23)21-18-14(10-20)8-16(24-18)13-5-3-2-4-6-13/h2-8,11H,1H3,(H,21,23). The van der Waals surface area contributed by atoms with Crippen LogP contribution < -0.4 is 5.32 Å². The fraction of sp³-hybridized carbons (Fsp3) is 0.0556. The van der Waals surface area contributed by atoms with Crippen LogP contribution in [0.5, 0.6) is 0 Å². The first kappa shape index (κ1) is 15.5. The van der Waals surface area contributed by atoms with E-state index in [0.717, 1.165) is 10.4 Å². The minimum Gasteiger partial charge on any atom is -0.345 e. The van der Waals surface area contributed by atoms with Gasteiger partial charge in [0.05, 0.1) is 11.1 Å². The minimum atomic E-state index is -0.350. The number of aromatic nitrogens is 1. The number of benzene rings is 1. The van der Waals surface area contributed by atoms with E-state index in [1.807, 2.05) is 36.4 Å². The lowest BCUT2D eigenvalue weighted by atomic mass is 10.2. The van der Waals surface area contributed by atoms with Gasteiger partial charge in [-0.25, -0.2) is 0 Å². The smallest absolute Gasteiger partial charge is 0.272 e. The van der Waals surface area contributed by atoms with Crippen LogP contribution in [-0.2, 0) is 7.05 Å². The van der Waals surface area contributed by atoms with Gasteiger partial charge in [0, 0.05) is 18.1 Å². The highest BCUT2D eigenvalue weighted by Gasteiger charge is 2.16. The van der Waals surface area contributed by atoms with Crippen molar-refractivity contribution in [2.24, 2.45) is 7.05 Å². The van der Waals surface area contributed by atoms with E-state index in [0.29, 0.717) is 21.8 Å². The van der Waals surface area contributed by atoms with Gasteiger partial charge in [-0.1, -0.05) is 30.3 Å². The first-order valence-corrected chi connectivity index (χ1v) is 7.91. The molecule has 3 rings (SSSR count). The summed E-state index contributed by atoms with van der Waals surface area (Å²) >= 11 is 1.35. The molecule has 1 N–H and O–H groups in total. The van der Waals surface area contributed by atoms with Crippen molar-refractivity contribution in [2.45, 2.75) is 0 Å². The summed E-state index contributed by atoms with van der Waals surface area (Å²) in [7, 11) is 1.70. The quantitative estimate of drug-likeness (QED) is 0.793. The molecule has 0 spiro atoms. The molecule has 0 atom stereocenters. The normalized spacial score (nSPS) is 9.96. The van der Waals surface area contributed by atoms with Gasteiger partial charge in [-0.15, -0.1) is 11.3 Å². The third-order valence-electron chi connectivity index (χ3n) is 3.50. The van der Waals surface area contributed by atoms with Gasteiger partial charge in [0.15, 0.2) is 0 Å². The molecule has 1 amide bonds. The molecule has 0 aliphatic rings. The number of carbonyl (C=O) groups is 1. The molecule has 0 fully saturated rings. The Hall–Kier alpha value is -3.35. The number of rotatable bonds is 3. The van der Waals surface area contributed by atoms with Gasteiger partial charge in [-0.2, -0.15) is 10.5 Å². The van der Waals surface area contributed by atoms with Crippen LogP contribution in [0.2, 0.25) is 0 Å². The Morgan fingerprint density at radius 3 is 2.54 bits per heavy atom. The zero-order valence-corrected chi connectivity index (χ0v) is 13.6. The maximum atomic E-state index is 12.4. The molecule has 3 aromatic rings. The van der Waals surface area contributed by atoms with Crippen LogP contribution in [0.3, 0.4) is 0 Å². The summed E-state index contributed by atoms with van der Waals surface area (Å²) in [6, 6.07) is 17.1. The summed E-state index contributed by atoms with van der Waals surface area (Å²) < 4.78 is 1.59. The molecule has 0 saturated carbocycles. The summed E-state index contributed by atoms with van der Waals surface area (Å²) in [5, 5.41) is 21.5. The van der Waals surface area contributed by atoms with Crippen molar-refractivity contribution in [3.63, 3.8) is 0 Å². The lowest BCUT2D eigenvalue weighted by Gasteiger charge is -2.04. The molecule has 0 unspecified atom stereocenters. The third-order valence-corrected chi connectivity index (χ3v) is 4.60.